The van der Waals surface area contributed by atoms with Gasteiger partial charge in [-0.05, 0) is 24.3 Å². The third-order valence-electron chi connectivity index (χ3n) is 2.05. The van der Waals surface area contributed by atoms with E-state index >= 15 is 0 Å². The number of halogens is 2. The Morgan fingerprint density at radius 2 is 1.47 bits per heavy atom. The Kier molecular flexibility index (Phi) is 2.88. The molecule has 0 atom stereocenters. The van der Waals surface area contributed by atoms with Gasteiger partial charge in [-0.2, -0.15) is 0 Å². The Balaban J connectivity index is 2.37. The first-order valence-corrected chi connectivity index (χ1v) is 4.88. The summed E-state index contributed by atoms with van der Waals surface area (Å²) in [4.78, 5) is 0. The maximum absolute atomic E-state index is 13.4. The normalized spacial score (nSPS) is 10.0. The van der Waals surface area contributed by atoms with Gasteiger partial charge < -0.3 is 0 Å². The summed E-state index contributed by atoms with van der Waals surface area (Å²) in [7, 11) is 0. The van der Waals surface area contributed by atoms with Gasteiger partial charge in [0.25, 0.3) is 0 Å². The van der Waals surface area contributed by atoms with Crippen LogP contribution in [0.1, 0.15) is 0 Å². The average molecular weight is 222 g/mol. The van der Waals surface area contributed by atoms with Crippen molar-refractivity contribution in [3.63, 3.8) is 0 Å². The standard InChI is InChI=1S/C12H9ClFN/c13-15(10-6-2-1-3-7-10)12-9-5-4-8-11(12)14/h1-9H. The van der Waals surface area contributed by atoms with Gasteiger partial charge in [-0.3, -0.25) is 4.42 Å². The molecule has 2 aromatic carbocycles. The highest BCUT2D eigenvalue weighted by Gasteiger charge is 2.09. The van der Waals surface area contributed by atoms with Crippen molar-refractivity contribution in [2.75, 3.05) is 4.42 Å². The number of para-hydroxylation sites is 2. The molecule has 0 aliphatic heterocycles. The number of anilines is 2. The zero-order valence-electron chi connectivity index (χ0n) is 7.90. The van der Waals surface area contributed by atoms with Crippen molar-refractivity contribution >= 4 is 23.2 Å². The third-order valence-corrected chi connectivity index (χ3v) is 2.42. The summed E-state index contributed by atoms with van der Waals surface area (Å²) in [6.45, 7) is 0. The molecule has 0 aliphatic rings. The molecule has 0 fully saturated rings. The van der Waals surface area contributed by atoms with E-state index in [1.54, 1.807) is 18.2 Å². The molecule has 0 aliphatic carbocycles. The lowest BCUT2D eigenvalue weighted by Gasteiger charge is -2.16. The van der Waals surface area contributed by atoms with Gasteiger partial charge in [0.2, 0.25) is 0 Å². The molecular weight excluding hydrogens is 213 g/mol. The Morgan fingerprint density at radius 1 is 0.867 bits per heavy atom. The largest absolute Gasteiger partial charge is 0.251 e. The van der Waals surface area contributed by atoms with Gasteiger partial charge in [-0.15, -0.1) is 0 Å². The summed E-state index contributed by atoms with van der Waals surface area (Å²) in [6, 6.07) is 15.6. The SMILES string of the molecule is Fc1ccccc1N(Cl)c1ccccc1. The summed E-state index contributed by atoms with van der Waals surface area (Å²) in [5.41, 5.74) is 1.09. The van der Waals surface area contributed by atoms with Crippen LogP contribution in [0.3, 0.4) is 0 Å². The second-order valence-corrected chi connectivity index (χ2v) is 3.41. The summed E-state index contributed by atoms with van der Waals surface area (Å²) in [5.74, 6) is -0.337. The van der Waals surface area contributed by atoms with E-state index in [4.69, 9.17) is 11.8 Å². The quantitative estimate of drug-likeness (QED) is 0.690. The van der Waals surface area contributed by atoms with Gasteiger partial charge in [0.15, 0.2) is 0 Å². The first-order chi connectivity index (χ1) is 7.29. The van der Waals surface area contributed by atoms with Crippen LogP contribution in [0.25, 0.3) is 0 Å². The highest BCUT2D eigenvalue weighted by Crippen LogP contribution is 2.29. The second kappa shape index (κ2) is 4.32. The molecule has 0 radical (unpaired) electrons. The fourth-order valence-corrected chi connectivity index (χ4v) is 1.56. The average Bonchev–Trinajstić information content (AvgIpc) is 2.30. The van der Waals surface area contributed by atoms with E-state index in [-0.39, 0.29) is 5.82 Å². The van der Waals surface area contributed by atoms with Crippen LogP contribution in [-0.4, -0.2) is 0 Å². The Morgan fingerprint density at radius 3 is 2.13 bits per heavy atom. The molecule has 2 aromatic rings. The van der Waals surface area contributed by atoms with Crippen molar-refractivity contribution in [1.82, 2.24) is 0 Å². The van der Waals surface area contributed by atoms with Gasteiger partial charge in [0.05, 0.1) is 11.4 Å². The lowest BCUT2D eigenvalue weighted by atomic mass is 10.2. The number of hydrogen-bond donors (Lipinski definition) is 0. The van der Waals surface area contributed by atoms with Gasteiger partial charge in [0, 0.05) is 11.8 Å². The molecular formula is C12H9ClFN. The van der Waals surface area contributed by atoms with E-state index in [2.05, 4.69) is 0 Å². The van der Waals surface area contributed by atoms with E-state index in [1.165, 1.54) is 10.5 Å². The topological polar surface area (TPSA) is 3.24 Å². The summed E-state index contributed by atoms with van der Waals surface area (Å²) in [6.07, 6.45) is 0. The van der Waals surface area contributed by atoms with Crippen LogP contribution in [0.5, 0.6) is 0 Å². The summed E-state index contributed by atoms with van der Waals surface area (Å²) in [5, 5.41) is 0. The van der Waals surface area contributed by atoms with Gasteiger partial charge in [0.1, 0.15) is 5.82 Å². The predicted molar refractivity (Wildman–Crippen MR) is 60.8 cm³/mol. The minimum Gasteiger partial charge on any atom is -0.251 e. The van der Waals surface area contributed by atoms with Crippen LogP contribution >= 0.6 is 11.8 Å². The van der Waals surface area contributed by atoms with Crippen LogP contribution in [0.2, 0.25) is 0 Å². The van der Waals surface area contributed by atoms with Crippen molar-refractivity contribution in [1.29, 1.82) is 0 Å². The molecule has 0 saturated heterocycles. The number of nitrogens with zero attached hydrogens (tertiary/aromatic N) is 1. The molecule has 15 heavy (non-hydrogen) atoms. The first-order valence-electron chi connectivity index (χ1n) is 4.54. The Bertz CT molecular complexity index is 444. The smallest absolute Gasteiger partial charge is 0.148 e. The fraction of sp³-hybridized carbons (Fsp3) is 0. The van der Waals surface area contributed by atoms with Crippen LogP contribution in [0, 0.1) is 5.82 Å². The fourth-order valence-electron chi connectivity index (χ4n) is 1.31. The highest BCUT2D eigenvalue weighted by atomic mass is 35.5. The lowest BCUT2D eigenvalue weighted by Crippen LogP contribution is -2.03. The monoisotopic (exact) mass is 221 g/mol. The zero-order valence-corrected chi connectivity index (χ0v) is 8.66. The Labute approximate surface area is 92.8 Å². The van der Waals surface area contributed by atoms with Crippen LogP contribution < -0.4 is 4.42 Å². The molecule has 0 amide bonds. The van der Waals surface area contributed by atoms with Crippen molar-refractivity contribution in [2.45, 2.75) is 0 Å². The van der Waals surface area contributed by atoms with Crippen molar-refractivity contribution in [3.8, 4) is 0 Å². The van der Waals surface area contributed by atoms with Crippen molar-refractivity contribution in [3.05, 3.63) is 60.4 Å². The molecule has 0 saturated carbocycles. The van der Waals surface area contributed by atoms with E-state index in [0.29, 0.717) is 5.69 Å². The molecule has 2 rings (SSSR count). The minimum absolute atomic E-state index is 0.337. The first kappa shape index (κ1) is 9.99. The summed E-state index contributed by atoms with van der Waals surface area (Å²) >= 11 is 6.03. The number of hydrogen-bond acceptors (Lipinski definition) is 1. The van der Waals surface area contributed by atoms with Gasteiger partial charge in [-0.25, -0.2) is 4.39 Å². The molecule has 0 aromatic heterocycles. The van der Waals surface area contributed by atoms with E-state index in [9.17, 15) is 4.39 Å². The highest BCUT2D eigenvalue weighted by molar-refractivity contribution is 6.29. The van der Waals surface area contributed by atoms with E-state index in [0.717, 1.165) is 5.69 Å². The van der Waals surface area contributed by atoms with Crippen LogP contribution in [-0.2, 0) is 0 Å². The van der Waals surface area contributed by atoms with E-state index in [1.807, 2.05) is 30.3 Å². The van der Waals surface area contributed by atoms with Crippen LogP contribution in [0.4, 0.5) is 15.8 Å². The maximum atomic E-state index is 13.4. The minimum atomic E-state index is -0.337. The van der Waals surface area contributed by atoms with Crippen LogP contribution in [0.15, 0.2) is 54.6 Å². The molecule has 76 valence electrons. The number of rotatable bonds is 2. The lowest BCUT2D eigenvalue weighted by molar-refractivity contribution is 0.630. The molecule has 1 nitrogen and oxygen atoms in total. The molecule has 0 unspecified atom stereocenters. The maximum Gasteiger partial charge on any atom is 0.148 e. The number of benzene rings is 2. The summed E-state index contributed by atoms with van der Waals surface area (Å²) < 4.78 is 14.7. The molecule has 0 heterocycles. The predicted octanol–water partition coefficient (Wildman–Crippen LogP) is 4.12. The molecule has 3 heteroatoms. The second-order valence-electron chi connectivity index (χ2n) is 3.07. The van der Waals surface area contributed by atoms with Crippen molar-refractivity contribution < 1.29 is 4.39 Å². The third kappa shape index (κ3) is 2.10. The zero-order chi connectivity index (χ0) is 10.7. The molecule has 0 N–H and O–H groups in total. The van der Waals surface area contributed by atoms with Gasteiger partial charge in [-0.1, -0.05) is 30.3 Å². The molecule has 0 bridgehead atoms. The Hall–Kier alpha value is -1.54. The van der Waals surface area contributed by atoms with Gasteiger partial charge >= 0.3 is 0 Å². The molecule has 0 spiro atoms. The van der Waals surface area contributed by atoms with Crippen molar-refractivity contribution in [2.24, 2.45) is 0 Å². The van der Waals surface area contributed by atoms with E-state index < -0.39 is 0 Å².